The molecule has 29 heavy (non-hydrogen) atoms. The van der Waals surface area contributed by atoms with Gasteiger partial charge in [0, 0.05) is 24.9 Å². The zero-order valence-electron chi connectivity index (χ0n) is 16.3. The maximum Gasteiger partial charge on any atom is 0.416 e. The van der Waals surface area contributed by atoms with Crippen molar-refractivity contribution in [3.63, 3.8) is 0 Å². The highest BCUT2D eigenvalue weighted by molar-refractivity contribution is 7.80. The quantitative estimate of drug-likeness (QED) is 0.723. The number of nitrogens with zero attached hydrogens (tertiary/aromatic N) is 1. The van der Waals surface area contributed by atoms with Crippen molar-refractivity contribution in [2.45, 2.75) is 32.5 Å². The molecule has 154 valence electrons. The number of pyridine rings is 1. The SMILES string of the molecule is CNC(=S)NC1=C(n2ccccc2=O)c2c(ccc(C(F)(F)F)c2C)OC1(C)C. The van der Waals surface area contributed by atoms with Crippen LogP contribution in [0.1, 0.15) is 30.5 Å². The molecule has 1 aromatic carbocycles. The summed E-state index contributed by atoms with van der Waals surface area (Å²) in [6, 6.07) is 6.81. The molecule has 2 N–H and O–H groups in total. The summed E-state index contributed by atoms with van der Waals surface area (Å²) >= 11 is 5.21. The number of aromatic nitrogens is 1. The predicted molar refractivity (Wildman–Crippen MR) is 109 cm³/mol. The third-order valence-corrected chi connectivity index (χ3v) is 5.01. The summed E-state index contributed by atoms with van der Waals surface area (Å²) < 4.78 is 48.0. The molecule has 0 saturated heterocycles. The Morgan fingerprint density at radius 1 is 1.21 bits per heavy atom. The van der Waals surface area contributed by atoms with Crippen molar-refractivity contribution in [1.29, 1.82) is 0 Å². The summed E-state index contributed by atoms with van der Waals surface area (Å²) in [6.45, 7) is 4.86. The average molecular weight is 423 g/mol. The van der Waals surface area contributed by atoms with E-state index in [1.54, 1.807) is 33.0 Å². The van der Waals surface area contributed by atoms with E-state index in [0.29, 0.717) is 5.70 Å². The Labute approximate surface area is 171 Å². The maximum atomic E-state index is 13.6. The molecule has 1 aliphatic heterocycles. The highest BCUT2D eigenvalue weighted by atomic mass is 32.1. The van der Waals surface area contributed by atoms with Gasteiger partial charge in [0.1, 0.15) is 11.4 Å². The Hall–Kier alpha value is -2.81. The third kappa shape index (κ3) is 3.74. The standard InChI is InChI=1S/C20H20F3N3O2S/c1-11-12(20(21,22)23)8-9-13-15(11)16(26-10-6-5-7-14(26)27)17(19(2,3)28-13)25-18(29)24-4/h5-10H,1-4H3,(H2,24,25,29). The van der Waals surface area contributed by atoms with E-state index in [9.17, 15) is 18.0 Å². The van der Waals surface area contributed by atoms with Gasteiger partial charge in [-0.25, -0.2) is 0 Å². The van der Waals surface area contributed by atoms with Gasteiger partial charge in [-0.05, 0) is 56.8 Å². The van der Waals surface area contributed by atoms with E-state index in [-0.39, 0.29) is 27.7 Å². The molecule has 1 aromatic heterocycles. The van der Waals surface area contributed by atoms with Gasteiger partial charge in [0.05, 0.1) is 17.0 Å². The summed E-state index contributed by atoms with van der Waals surface area (Å²) in [4.78, 5) is 12.6. The molecule has 9 heteroatoms. The number of nitrogens with one attached hydrogen (secondary N) is 2. The zero-order valence-corrected chi connectivity index (χ0v) is 17.1. The van der Waals surface area contributed by atoms with Crippen molar-refractivity contribution in [1.82, 2.24) is 15.2 Å². The normalized spacial score (nSPS) is 15.4. The highest BCUT2D eigenvalue weighted by Gasteiger charge is 2.41. The van der Waals surface area contributed by atoms with Crippen LogP contribution in [0.3, 0.4) is 0 Å². The number of rotatable bonds is 2. The third-order valence-electron chi connectivity index (χ3n) is 4.70. The van der Waals surface area contributed by atoms with E-state index < -0.39 is 22.9 Å². The lowest BCUT2D eigenvalue weighted by molar-refractivity contribution is -0.138. The second-order valence-electron chi connectivity index (χ2n) is 7.06. The van der Waals surface area contributed by atoms with E-state index in [2.05, 4.69) is 10.6 Å². The zero-order chi connectivity index (χ0) is 21.6. The summed E-state index contributed by atoms with van der Waals surface area (Å²) in [7, 11) is 1.61. The van der Waals surface area contributed by atoms with Crippen LogP contribution in [-0.4, -0.2) is 22.3 Å². The Kier molecular flexibility index (Phi) is 5.20. The first-order valence-electron chi connectivity index (χ1n) is 8.79. The Bertz CT molecular complexity index is 1070. The van der Waals surface area contributed by atoms with E-state index in [1.165, 1.54) is 29.8 Å². The van der Waals surface area contributed by atoms with Crippen molar-refractivity contribution < 1.29 is 17.9 Å². The van der Waals surface area contributed by atoms with Crippen LogP contribution in [0.4, 0.5) is 13.2 Å². The van der Waals surface area contributed by atoms with Crippen LogP contribution in [0.2, 0.25) is 0 Å². The second-order valence-corrected chi connectivity index (χ2v) is 7.47. The van der Waals surface area contributed by atoms with Crippen LogP contribution >= 0.6 is 12.2 Å². The molecule has 0 amide bonds. The number of alkyl halides is 3. The Morgan fingerprint density at radius 2 is 1.90 bits per heavy atom. The van der Waals surface area contributed by atoms with Crippen molar-refractivity contribution in [3.05, 3.63) is 69.3 Å². The van der Waals surface area contributed by atoms with Crippen LogP contribution in [0.25, 0.3) is 5.70 Å². The molecule has 3 rings (SSSR count). The van der Waals surface area contributed by atoms with Gasteiger partial charge in [-0.3, -0.25) is 9.36 Å². The predicted octanol–water partition coefficient (Wildman–Crippen LogP) is 3.66. The highest BCUT2D eigenvalue weighted by Crippen LogP contribution is 2.45. The van der Waals surface area contributed by atoms with E-state index in [1.807, 2.05) is 0 Å². The Morgan fingerprint density at radius 3 is 2.48 bits per heavy atom. The number of hydrogen-bond acceptors (Lipinski definition) is 3. The first kappa shape index (κ1) is 20.9. The van der Waals surface area contributed by atoms with Gasteiger partial charge in [-0.2, -0.15) is 13.2 Å². The van der Waals surface area contributed by atoms with Crippen molar-refractivity contribution in [2.75, 3.05) is 7.05 Å². The van der Waals surface area contributed by atoms with Gasteiger partial charge >= 0.3 is 6.18 Å². The lowest BCUT2D eigenvalue weighted by Gasteiger charge is -2.38. The monoisotopic (exact) mass is 423 g/mol. The second kappa shape index (κ2) is 7.22. The van der Waals surface area contributed by atoms with E-state index in [4.69, 9.17) is 17.0 Å². The van der Waals surface area contributed by atoms with Gasteiger partial charge in [-0.1, -0.05) is 6.07 Å². The molecule has 0 aliphatic carbocycles. The molecule has 0 atom stereocenters. The van der Waals surface area contributed by atoms with Crippen LogP contribution < -0.4 is 20.9 Å². The molecule has 0 bridgehead atoms. The number of fused-ring (bicyclic) bond motifs is 1. The van der Waals surface area contributed by atoms with Gasteiger partial charge in [-0.15, -0.1) is 0 Å². The molecule has 0 fully saturated rings. The lowest BCUT2D eigenvalue weighted by Crippen LogP contribution is -2.47. The van der Waals surface area contributed by atoms with Gasteiger partial charge in [0.2, 0.25) is 0 Å². The fourth-order valence-corrected chi connectivity index (χ4v) is 3.45. The van der Waals surface area contributed by atoms with E-state index >= 15 is 0 Å². The maximum absolute atomic E-state index is 13.6. The summed E-state index contributed by atoms with van der Waals surface area (Å²) in [6.07, 6.45) is -3.04. The van der Waals surface area contributed by atoms with Crippen LogP contribution in [-0.2, 0) is 6.18 Å². The number of hydrogen-bond donors (Lipinski definition) is 2. The molecule has 5 nitrogen and oxygen atoms in total. The molecule has 0 spiro atoms. The fourth-order valence-electron chi connectivity index (χ4n) is 3.35. The first-order chi connectivity index (χ1) is 13.5. The van der Waals surface area contributed by atoms with Crippen molar-refractivity contribution in [2.24, 2.45) is 0 Å². The minimum absolute atomic E-state index is 0.0362. The van der Waals surface area contributed by atoms with Crippen LogP contribution in [0, 0.1) is 6.92 Å². The van der Waals surface area contributed by atoms with E-state index in [0.717, 1.165) is 6.07 Å². The largest absolute Gasteiger partial charge is 0.481 e. The molecule has 0 saturated carbocycles. The average Bonchev–Trinajstić information content (AvgIpc) is 2.62. The number of halogens is 3. The molecular formula is C20H20F3N3O2S. The first-order valence-corrected chi connectivity index (χ1v) is 9.20. The minimum Gasteiger partial charge on any atom is -0.481 e. The summed E-state index contributed by atoms with van der Waals surface area (Å²) in [5, 5.41) is 6.01. The topological polar surface area (TPSA) is 55.3 Å². The van der Waals surface area contributed by atoms with Crippen LogP contribution in [0.5, 0.6) is 5.75 Å². The minimum atomic E-state index is -4.55. The smallest absolute Gasteiger partial charge is 0.416 e. The number of ether oxygens (including phenoxy) is 1. The fraction of sp³-hybridized carbons (Fsp3) is 0.300. The number of benzene rings is 1. The van der Waals surface area contributed by atoms with Crippen LogP contribution in [0.15, 0.2) is 47.0 Å². The van der Waals surface area contributed by atoms with Gasteiger partial charge in [0.15, 0.2) is 5.11 Å². The summed E-state index contributed by atoms with van der Waals surface area (Å²) in [5.41, 5.74) is -1.39. The molecule has 0 unspecified atom stereocenters. The van der Waals surface area contributed by atoms with Crippen molar-refractivity contribution in [3.8, 4) is 5.75 Å². The molecular weight excluding hydrogens is 403 g/mol. The Balaban J connectivity index is 2.45. The lowest BCUT2D eigenvalue weighted by atomic mass is 9.90. The molecule has 1 aliphatic rings. The summed E-state index contributed by atoms with van der Waals surface area (Å²) in [5.74, 6) is 0.257. The molecule has 2 aromatic rings. The van der Waals surface area contributed by atoms with Gasteiger partial charge in [0.25, 0.3) is 5.56 Å². The molecule has 0 radical (unpaired) electrons. The van der Waals surface area contributed by atoms with Crippen molar-refractivity contribution >= 4 is 23.0 Å². The van der Waals surface area contributed by atoms with Gasteiger partial charge < -0.3 is 15.4 Å². The molecule has 2 heterocycles. The number of thiocarbonyl (C=S) groups is 1.